The molecule has 0 spiro atoms. The molecule has 0 aliphatic carbocycles. The average Bonchev–Trinajstić information content (AvgIpc) is 2.20. The Morgan fingerprint density at radius 2 is 2.06 bits per heavy atom. The quantitative estimate of drug-likeness (QED) is 0.738. The van der Waals surface area contributed by atoms with Crippen LogP contribution in [0.5, 0.6) is 0 Å². The van der Waals surface area contributed by atoms with Crippen LogP contribution in [0.15, 0.2) is 18.2 Å². The summed E-state index contributed by atoms with van der Waals surface area (Å²) in [7, 11) is 1.63. The Hall–Kier alpha value is -0.100. The van der Waals surface area contributed by atoms with Crippen molar-refractivity contribution >= 4 is 56.7 Å². The second-order valence-corrected chi connectivity index (χ2v) is 5.32. The molecule has 0 radical (unpaired) electrons. The van der Waals surface area contributed by atoms with E-state index in [0.29, 0.717) is 16.7 Å². The van der Waals surface area contributed by atoms with E-state index in [1.54, 1.807) is 13.2 Å². The molecule has 0 saturated carbocycles. The highest BCUT2D eigenvalue weighted by Gasteiger charge is 2.08. The van der Waals surface area contributed by atoms with Crippen molar-refractivity contribution in [2.24, 2.45) is 0 Å². The van der Waals surface area contributed by atoms with Gasteiger partial charge in [0.1, 0.15) is 0 Å². The number of nitrogens with zero attached hydrogens (tertiary/aromatic N) is 1. The first-order chi connectivity index (χ1) is 7.61. The fourth-order valence-corrected chi connectivity index (χ4v) is 2.90. The molecule has 0 bridgehead atoms. The topological polar surface area (TPSA) is 22.1 Å². The molecule has 0 N–H and O–H groups in total. The van der Waals surface area contributed by atoms with Gasteiger partial charge in [-0.15, -0.1) is 0 Å². The molecule has 0 unspecified atom stereocenters. The van der Waals surface area contributed by atoms with Crippen molar-refractivity contribution in [2.45, 2.75) is 6.61 Å². The van der Waals surface area contributed by atoms with E-state index in [4.69, 9.17) is 27.9 Å². The highest BCUT2D eigenvalue weighted by molar-refractivity contribution is 14.1. The van der Waals surface area contributed by atoms with Crippen LogP contribution in [0.4, 0.5) is 0 Å². The summed E-state index contributed by atoms with van der Waals surface area (Å²) in [6.45, 7) is 0.453. The summed E-state index contributed by atoms with van der Waals surface area (Å²) in [6.07, 6.45) is 0. The molecule has 0 saturated heterocycles. The van der Waals surface area contributed by atoms with Gasteiger partial charge in [-0.1, -0.05) is 23.2 Å². The predicted octanol–water partition coefficient (Wildman–Crippen LogP) is 4.29. The standard InChI is InChI=1S/C11H8Cl2INO/c1-16-5-7-4-9(13)8-2-6(12)3-10(14)11(8)15-7/h2-4H,5H2,1H3. The molecule has 16 heavy (non-hydrogen) atoms. The summed E-state index contributed by atoms with van der Waals surface area (Å²) in [5, 5.41) is 2.19. The molecule has 1 aromatic carbocycles. The molecule has 2 nitrogen and oxygen atoms in total. The van der Waals surface area contributed by atoms with Crippen LogP contribution in [0, 0.1) is 3.57 Å². The maximum Gasteiger partial charge on any atom is 0.0884 e. The number of pyridine rings is 1. The monoisotopic (exact) mass is 367 g/mol. The van der Waals surface area contributed by atoms with Gasteiger partial charge in [0.05, 0.1) is 22.8 Å². The van der Waals surface area contributed by atoms with Crippen LogP contribution < -0.4 is 0 Å². The summed E-state index contributed by atoms with van der Waals surface area (Å²) in [5.41, 5.74) is 1.68. The Morgan fingerprint density at radius 3 is 2.75 bits per heavy atom. The highest BCUT2D eigenvalue weighted by atomic mass is 127. The van der Waals surface area contributed by atoms with Gasteiger partial charge in [0.2, 0.25) is 0 Å². The predicted molar refractivity (Wildman–Crippen MR) is 75.2 cm³/mol. The second kappa shape index (κ2) is 5.04. The fraction of sp³-hybridized carbons (Fsp3) is 0.182. The van der Waals surface area contributed by atoms with Gasteiger partial charge in [0.25, 0.3) is 0 Å². The van der Waals surface area contributed by atoms with Crippen LogP contribution >= 0.6 is 45.8 Å². The average molecular weight is 368 g/mol. The largest absolute Gasteiger partial charge is 0.378 e. The van der Waals surface area contributed by atoms with E-state index in [0.717, 1.165) is 20.2 Å². The van der Waals surface area contributed by atoms with Crippen LogP contribution in [0.25, 0.3) is 10.9 Å². The first kappa shape index (κ1) is 12.4. The number of hydrogen-bond donors (Lipinski definition) is 0. The lowest BCUT2D eigenvalue weighted by Crippen LogP contribution is -1.94. The lowest BCUT2D eigenvalue weighted by Gasteiger charge is -2.06. The summed E-state index contributed by atoms with van der Waals surface area (Å²) >= 11 is 14.4. The molecule has 2 rings (SSSR count). The Bertz CT molecular complexity index is 545. The zero-order valence-electron chi connectivity index (χ0n) is 8.43. The van der Waals surface area contributed by atoms with Crippen molar-refractivity contribution in [3.63, 3.8) is 0 Å². The number of halogens is 3. The SMILES string of the molecule is COCc1cc(Cl)c2cc(Cl)cc(I)c2n1. The molecule has 0 atom stereocenters. The van der Waals surface area contributed by atoms with E-state index in [2.05, 4.69) is 27.6 Å². The molecule has 0 aliphatic rings. The molecule has 1 heterocycles. The van der Waals surface area contributed by atoms with E-state index in [1.165, 1.54) is 0 Å². The zero-order valence-corrected chi connectivity index (χ0v) is 12.1. The summed E-state index contributed by atoms with van der Waals surface area (Å²) < 4.78 is 6.03. The van der Waals surface area contributed by atoms with Crippen molar-refractivity contribution in [3.8, 4) is 0 Å². The second-order valence-electron chi connectivity index (χ2n) is 3.31. The number of aromatic nitrogens is 1. The van der Waals surface area contributed by atoms with Gasteiger partial charge >= 0.3 is 0 Å². The molecule has 0 aliphatic heterocycles. The normalized spacial score (nSPS) is 11.0. The van der Waals surface area contributed by atoms with Gasteiger partial charge in [0, 0.05) is 21.1 Å². The van der Waals surface area contributed by atoms with Gasteiger partial charge in [-0.2, -0.15) is 0 Å². The van der Waals surface area contributed by atoms with Crippen molar-refractivity contribution in [1.82, 2.24) is 4.98 Å². The van der Waals surface area contributed by atoms with Gasteiger partial charge in [-0.05, 0) is 40.8 Å². The van der Waals surface area contributed by atoms with Gasteiger partial charge in [-0.3, -0.25) is 0 Å². The summed E-state index contributed by atoms with van der Waals surface area (Å²) in [6, 6.07) is 5.50. The number of fused-ring (bicyclic) bond motifs is 1. The first-order valence-corrected chi connectivity index (χ1v) is 6.38. The number of ether oxygens (including phenoxy) is 1. The molecule has 0 amide bonds. The van der Waals surface area contributed by atoms with Crippen LogP contribution in [-0.2, 0) is 11.3 Å². The molecular weight excluding hydrogens is 360 g/mol. The van der Waals surface area contributed by atoms with E-state index in [9.17, 15) is 0 Å². The smallest absolute Gasteiger partial charge is 0.0884 e. The maximum atomic E-state index is 6.18. The minimum atomic E-state index is 0.453. The number of methoxy groups -OCH3 is 1. The molecule has 0 fully saturated rings. The van der Waals surface area contributed by atoms with Crippen molar-refractivity contribution in [1.29, 1.82) is 0 Å². The molecule has 2 aromatic rings. The van der Waals surface area contributed by atoms with E-state index >= 15 is 0 Å². The molecular formula is C11H8Cl2INO. The highest BCUT2D eigenvalue weighted by Crippen LogP contribution is 2.29. The van der Waals surface area contributed by atoms with Crippen molar-refractivity contribution in [2.75, 3.05) is 7.11 Å². The Morgan fingerprint density at radius 1 is 1.31 bits per heavy atom. The van der Waals surface area contributed by atoms with Crippen molar-refractivity contribution < 1.29 is 4.74 Å². The third-order valence-electron chi connectivity index (χ3n) is 2.13. The van der Waals surface area contributed by atoms with Crippen LogP contribution in [0.2, 0.25) is 10.0 Å². The van der Waals surface area contributed by atoms with E-state index < -0.39 is 0 Å². The number of rotatable bonds is 2. The summed E-state index contributed by atoms with van der Waals surface area (Å²) in [4.78, 5) is 4.49. The fourth-order valence-electron chi connectivity index (χ4n) is 1.48. The number of hydrogen-bond acceptors (Lipinski definition) is 2. The third-order valence-corrected chi connectivity index (χ3v) is 3.48. The third kappa shape index (κ3) is 2.42. The molecule has 1 aromatic heterocycles. The van der Waals surface area contributed by atoms with Crippen molar-refractivity contribution in [3.05, 3.63) is 37.5 Å². The lowest BCUT2D eigenvalue weighted by molar-refractivity contribution is 0.182. The minimum absolute atomic E-state index is 0.453. The zero-order chi connectivity index (χ0) is 11.7. The van der Waals surface area contributed by atoms with Crippen LogP contribution in [-0.4, -0.2) is 12.1 Å². The number of benzene rings is 1. The first-order valence-electron chi connectivity index (χ1n) is 4.55. The van der Waals surface area contributed by atoms with Crippen LogP contribution in [0.3, 0.4) is 0 Å². The van der Waals surface area contributed by atoms with Crippen LogP contribution in [0.1, 0.15) is 5.69 Å². The van der Waals surface area contributed by atoms with Gasteiger partial charge < -0.3 is 4.74 Å². The molecule has 84 valence electrons. The van der Waals surface area contributed by atoms with Gasteiger partial charge in [0.15, 0.2) is 0 Å². The van der Waals surface area contributed by atoms with E-state index in [-0.39, 0.29) is 0 Å². The Labute approximate surface area is 117 Å². The minimum Gasteiger partial charge on any atom is -0.378 e. The summed E-state index contributed by atoms with van der Waals surface area (Å²) in [5.74, 6) is 0. The Balaban J connectivity index is 2.71. The Kier molecular flexibility index (Phi) is 3.89. The van der Waals surface area contributed by atoms with Gasteiger partial charge in [-0.25, -0.2) is 4.98 Å². The molecule has 5 heteroatoms. The van der Waals surface area contributed by atoms with E-state index in [1.807, 2.05) is 12.1 Å². The maximum absolute atomic E-state index is 6.18. The lowest BCUT2D eigenvalue weighted by atomic mass is 10.2.